The van der Waals surface area contributed by atoms with Crippen LogP contribution < -0.4 is 4.74 Å². The van der Waals surface area contributed by atoms with Crippen LogP contribution in [0.25, 0.3) is 5.69 Å². The number of ether oxygens (including phenoxy) is 2. The molecule has 3 rings (SSSR count). The highest BCUT2D eigenvalue weighted by Crippen LogP contribution is 2.29. The lowest BCUT2D eigenvalue weighted by Crippen LogP contribution is -2.21. The predicted octanol–water partition coefficient (Wildman–Crippen LogP) is 3.09. The van der Waals surface area contributed by atoms with E-state index in [1.54, 1.807) is 12.1 Å². The number of hydrogen-bond donors (Lipinski definition) is 0. The molecule has 0 N–H and O–H groups in total. The maximum atomic E-state index is 13.5. The number of benzene rings is 1. The summed E-state index contributed by atoms with van der Waals surface area (Å²) in [6.45, 7) is 2.62. The normalized spacial score (nSPS) is 17.9. The maximum Gasteiger partial charge on any atom is 0.165 e. The fraction of sp³-hybridized carbons (Fsp3) is 0.357. The van der Waals surface area contributed by atoms with E-state index in [4.69, 9.17) is 9.47 Å². The van der Waals surface area contributed by atoms with Crippen LogP contribution in [0.4, 0.5) is 4.39 Å². The van der Waals surface area contributed by atoms with E-state index in [0.717, 1.165) is 27.1 Å². The van der Waals surface area contributed by atoms with Crippen molar-refractivity contribution in [3.63, 3.8) is 0 Å². The van der Waals surface area contributed by atoms with Crippen molar-refractivity contribution in [3.05, 3.63) is 39.0 Å². The molecule has 0 saturated carbocycles. The van der Waals surface area contributed by atoms with Crippen molar-refractivity contribution in [2.24, 2.45) is 0 Å². The van der Waals surface area contributed by atoms with E-state index in [2.05, 4.69) is 27.7 Å². The first kappa shape index (κ1) is 13.8. The molecule has 0 saturated heterocycles. The first-order chi connectivity index (χ1) is 9.60. The molecule has 1 aliphatic rings. The van der Waals surface area contributed by atoms with Gasteiger partial charge in [0.15, 0.2) is 11.6 Å². The number of fused-ring (bicyclic) bond motifs is 1. The number of nitrogens with zero attached hydrogens (tertiary/aromatic N) is 2. The smallest absolute Gasteiger partial charge is 0.165 e. The molecule has 0 fully saturated rings. The number of halogens is 2. The van der Waals surface area contributed by atoms with E-state index in [-0.39, 0.29) is 17.7 Å². The van der Waals surface area contributed by atoms with Crippen LogP contribution in [0.5, 0.6) is 5.75 Å². The van der Waals surface area contributed by atoms with E-state index >= 15 is 0 Å². The summed E-state index contributed by atoms with van der Waals surface area (Å²) in [4.78, 5) is 0. The van der Waals surface area contributed by atoms with Gasteiger partial charge >= 0.3 is 0 Å². The third-order valence-corrected chi connectivity index (χ3v) is 4.28. The van der Waals surface area contributed by atoms with E-state index in [0.29, 0.717) is 6.61 Å². The number of aromatic nitrogens is 2. The molecule has 0 spiro atoms. The summed E-state index contributed by atoms with van der Waals surface area (Å²) in [7, 11) is 1.46. The van der Waals surface area contributed by atoms with Crippen molar-refractivity contribution in [1.29, 1.82) is 0 Å². The Balaban J connectivity index is 2.11. The summed E-state index contributed by atoms with van der Waals surface area (Å²) in [5.41, 5.74) is 3.05. The lowest BCUT2D eigenvalue weighted by molar-refractivity contribution is 0.0395. The van der Waals surface area contributed by atoms with Crippen molar-refractivity contribution in [2.45, 2.75) is 26.1 Å². The summed E-state index contributed by atoms with van der Waals surface area (Å²) >= 11 is 2.21. The zero-order valence-electron chi connectivity index (χ0n) is 11.2. The van der Waals surface area contributed by atoms with Gasteiger partial charge in [0.25, 0.3) is 0 Å². The van der Waals surface area contributed by atoms with Crippen LogP contribution in [-0.2, 0) is 17.8 Å². The van der Waals surface area contributed by atoms with Gasteiger partial charge in [0.05, 0.1) is 31.2 Å². The van der Waals surface area contributed by atoms with Crippen LogP contribution in [0.2, 0.25) is 0 Å². The Morgan fingerprint density at radius 3 is 3.05 bits per heavy atom. The van der Waals surface area contributed by atoms with Gasteiger partial charge in [0, 0.05) is 18.1 Å². The third kappa shape index (κ3) is 2.31. The van der Waals surface area contributed by atoms with Gasteiger partial charge in [-0.2, -0.15) is 5.10 Å². The highest BCUT2D eigenvalue weighted by molar-refractivity contribution is 14.1. The summed E-state index contributed by atoms with van der Waals surface area (Å²) in [5, 5.41) is 4.55. The maximum absolute atomic E-state index is 13.5. The van der Waals surface area contributed by atoms with Gasteiger partial charge in [-0.3, -0.25) is 0 Å². The molecule has 6 heteroatoms. The first-order valence-corrected chi connectivity index (χ1v) is 7.40. The minimum Gasteiger partial charge on any atom is -0.494 e. The van der Waals surface area contributed by atoms with Crippen molar-refractivity contribution in [1.82, 2.24) is 9.78 Å². The van der Waals surface area contributed by atoms with E-state index in [1.807, 2.05) is 11.6 Å². The summed E-state index contributed by atoms with van der Waals surface area (Å²) in [5.74, 6) is -0.148. The fourth-order valence-electron chi connectivity index (χ4n) is 2.36. The quantitative estimate of drug-likeness (QED) is 0.743. The highest BCUT2D eigenvalue weighted by atomic mass is 127. The van der Waals surface area contributed by atoms with Crippen LogP contribution >= 0.6 is 22.6 Å². The zero-order valence-corrected chi connectivity index (χ0v) is 13.3. The summed E-state index contributed by atoms with van der Waals surface area (Å²) in [6.07, 6.45) is 0.960. The Hall–Kier alpha value is -1.15. The molecule has 1 aromatic carbocycles. The van der Waals surface area contributed by atoms with Crippen molar-refractivity contribution < 1.29 is 13.9 Å². The highest BCUT2D eigenvalue weighted by Gasteiger charge is 2.24. The number of hydrogen-bond acceptors (Lipinski definition) is 3. The molecular formula is C14H14FIN2O2. The molecule has 4 nitrogen and oxygen atoms in total. The van der Waals surface area contributed by atoms with Crippen LogP contribution in [0.3, 0.4) is 0 Å². The van der Waals surface area contributed by atoms with Crippen LogP contribution in [0.1, 0.15) is 18.2 Å². The van der Waals surface area contributed by atoms with E-state index < -0.39 is 0 Å². The second-order valence-corrected chi connectivity index (χ2v) is 5.79. The average Bonchev–Trinajstić information content (AvgIpc) is 2.76. The van der Waals surface area contributed by atoms with Gasteiger partial charge in [0.2, 0.25) is 0 Å². The van der Waals surface area contributed by atoms with Crippen molar-refractivity contribution in [3.8, 4) is 11.4 Å². The Morgan fingerprint density at radius 2 is 2.30 bits per heavy atom. The number of methoxy groups -OCH3 is 1. The Morgan fingerprint density at radius 1 is 1.50 bits per heavy atom. The van der Waals surface area contributed by atoms with Gasteiger partial charge in [-0.25, -0.2) is 9.07 Å². The van der Waals surface area contributed by atoms with Crippen molar-refractivity contribution in [2.75, 3.05) is 7.11 Å². The topological polar surface area (TPSA) is 36.3 Å². The SMILES string of the molecule is COc1cc(-n2nc(I)c3c2CC(C)OC3)ccc1F. The molecule has 0 bridgehead atoms. The lowest BCUT2D eigenvalue weighted by atomic mass is 10.1. The van der Waals surface area contributed by atoms with Gasteiger partial charge in [0.1, 0.15) is 3.70 Å². The van der Waals surface area contributed by atoms with Gasteiger partial charge in [-0.1, -0.05) is 0 Å². The average molecular weight is 388 g/mol. The monoisotopic (exact) mass is 388 g/mol. The summed E-state index contributed by atoms with van der Waals surface area (Å²) in [6, 6.07) is 4.78. The molecule has 2 heterocycles. The van der Waals surface area contributed by atoms with Crippen LogP contribution in [0, 0.1) is 9.52 Å². The molecule has 0 radical (unpaired) electrons. The van der Waals surface area contributed by atoms with Crippen LogP contribution in [0.15, 0.2) is 18.2 Å². The Bertz CT molecular complexity index is 657. The minimum atomic E-state index is -0.372. The van der Waals surface area contributed by atoms with Gasteiger partial charge < -0.3 is 9.47 Å². The third-order valence-electron chi connectivity index (χ3n) is 3.41. The van der Waals surface area contributed by atoms with Crippen LogP contribution in [-0.4, -0.2) is 23.0 Å². The first-order valence-electron chi connectivity index (χ1n) is 6.32. The predicted molar refractivity (Wildman–Crippen MR) is 80.7 cm³/mol. The molecule has 1 unspecified atom stereocenters. The molecule has 1 aliphatic heterocycles. The molecule has 0 aliphatic carbocycles. The second-order valence-electron chi connectivity index (χ2n) is 4.77. The Kier molecular flexibility index (Phi) is 3.68. The standard InChI is InChI=1S/C14H14FIN2O2/c1-8-5-12-10(7-20-8)14(16)17-18(12)9-3-4-11(15)13(6-9)19-2/h3-4,6,8H,5,7H2,1-2H3. The molecule has 1 aromatic heterocycles. The fourth-order valence-corrected chi connectivity index (χ4v) is 3.04. The van der Waals surface area contributed by atoms with Gasteiger partial charge in [-0.15, -0.1) is 0 Å². The molecule has 1 atom stereocenters. The van der Waals surface area contributed by atoms with Gasteiger partial charge in [-0.05, 0) is 41.6 Å². The largest absolute Gasteiger partial charge is 0.494 e. The second kappa shape index (κ2) is 5.33. The molecule has 106 valence electrons. The molecule has 2 aromatic rings. The molecular weight excluding hydrogens is 374 g/mol. The number of rotatable bonds is 2. The minimum absolute atomic E-state index is 0.163. The summed E-state index contributed by atoms with van der Waals surface area (Å²) < 4.78 is 27.0. The van der Waals surface area contributed by atoms with E-state index in [9.17, 15) is 4.39 Å². The zero-order chi connectivity index (χ0) is 14.3. The molecule has 20 heavy (non-hydrogen) atoms. The molecule has 0 amide bonds. The van der Waals surface area contributed by atoms with Crippen molar-refractivity contribution >= 4 is 22.6 Å². The van der Waals surface area contributed by atoms with E-state index in [1.165, 1.54) is 13.2 Å². The Labute approximate surface area is 130 Å². The lowest BCUT2D eigenvalue weighted by Gasteiger charge is -2.21.